The van der Waals surface area contributed by atoms with Crippen LogP contribution in [0.15, 0.2) is 200 Å². The second-order valence-electron chi connectivity index (χ2n) is 18.1. The summed E-state index contributed by atoms with van der Waals surface area (Å²) in [5.74, 6) is 0.716. The third-order valence-corrected chi connectivity index (χ3v) is 13.8. The molecule has 0 radical (unpaired) electrons. The molecule has 13 aromatic rings. The van der Waals surface area contributed by atoms with E-state index in [0.717, 1.165) is 50.5 Å². The maximum Gasteiger partial charge on any atom is 0.160 e. The molecule has 5 nitrogen and oxygen atoms in total. The summed E-state index contributed by atoms with van der Waals surface area (Å²) in [4.78, 5) is 10.4. The average Bonchev–Trinajstić information content (AvgIpc) is 3.99. The van der Waals surface area contributed by atoms with Crippen LogP contribution in [0, 0.1) is 27.7 Å². The van der Waals surface area contributed by atoms with Gasteiger partial charge >= 0.3 is 0 Å². The van der Waals surface area contributed by atoms with Crippen LogP contribution >= 0.6 is 0 Å². The first kappa shape index (κ1) is 38.9. The van der Waals surface area contributed by atoms with Crippen molar-refractivity contribution in [1.29, 1.82) is 0 Å². The summed E-state index contributed by atoms with van der Waals surface area (Å²) in [7, 11) is 0. The second-order valence-corrected chi connectivity index (χ2v) is 18.1. The smallest absolute Gasteiger partial charge is 0.160 e. The SMILES string of the molecule is Cc1ccc(-c2cc(-c3cc(C)c(-n4c5ccc(-n6c7ccccc7c7ccccc76)cc5c5cc(-n6c7ccccc7c7ccccc76)ccc54)c(C)c3)nc(-c3ccc(C)cc3)n2)cc1. The van der Waals surface area contributed by atoms with Gasteiger partial charge in [-0.1, -0.05) is 132 Å². The molecule has 0 spiro atoms. The van der Waals surface area contributed by atoms with Crippen LogP contribution in [0.25, 0.3) is 116 Å². The van der Waals surface area contributed by atoms with E-state index in [4.69, 9.17) is 9.97 Å². The van der Waals surface area contributed by atoms with Crippen molar-refractivity contribution in [3.8, 4) is 51.0 Å². The van der Waals surface area contributed by atoms with Gasteiger partial charge in [0.1, 0.15) is 0 Å². The molecule has 67 heavy (non-hydrogen) atoms. The van der Waals surface area contributed by atoms with E-state index in [-0.39, 0.29) is 0 Å². The zero-order chi connectivity index (χ0) is 44.9. The van der Waals surface area contributed by atoms with Gasteiger partial charge in [-0.25, -0.2) is 9.97 Å². The van der Waals surface area contributed by atoms with E-state index in [1.165, 1.54) is 82.3 Å². The van der Waals surface area contributed by atoms with Crippen LogP contribution in [-0.4, -0.2) is 23.7 Å². The molecule has 0 bridgehead atoms. The first-order valence-corrected chi connectivity index (χ1v) is 23.1. The van der Waals surface area contributed by atoms with Crippen molar-refractivity contribution in [2.75, 3.05) is 0 Å². The molecular formula is C62H45N5. The fourth-order valence-corrected chi connectivity index (χ4v) is 10.7. The Balaban J connectivity index is 1.04. The third-order valence-electron chi connectivity index (χ3n) is 13.8. The van der Waals surface area contributed by atoms with Gasteiger partial charge in [0, 0.05) is 60.4 Å². The van der Waals surface area contributed by atoms with Crippen molar-refractivity contribution in [2.24, 2.45) is 0 Å². The number of hydrogen-bond acceptors (Lipinski definition) is 2. The van der Waals surface area contributed by atoms with Gasteiger partial charge < -0.3 is 13.7 Å². The van der Waals surface area contributed by atoms with Crippen molar-refractivity contribution in [3.05, 3.63) is 222 Å². The maximum atomic E-state index is 5.25. The maximum absolute atomic E-state index is 5.25. The van der Waals surface area contributed by atoms with Crippen molar-refractivity contribution in [3.63, 3.8) is 0 Å². The molecule has 0 amide bonds. The van der Waals surface area contributed by atoms with Crippen molar-refractivity contribution in [2.45, 2.75) is 27.7 Å². The predicted octanol–water partition coefficient (Wildman–Crippen LogP) is 16.0. The Morgan fingerprint density at radius 2 is 0.672 bits per heavy atom. The number of para-hydroxylation sites is 4. The van der Waals surface area contributed by atoms with Gasteiger partial charge in [-0.05, 0) is 118 Å². The summed E-state index contributed by atoms with van der Waals surface area (Å²) in [5, 5.41) is 7.40. The Hall–Kier alpha value is -8.54. The summed E-state index contributed by atoms with van der Waals surface area (Å²) in [6.07, 6.45) is 0. The van der Waals surface area contributed by atoms with Crippen LogP contribution in [-0.2, 0) is 0 Å². The zero-order valence-corrected chi connectivity index (χ0v) is 37.8. The van der Waals surface area contributed by atoms with E-state index in [0.29, 0.717) is 5.82 Å². The van der Waals surface area contributed by atoms with Gasteiger partial charge in [-0.3, -0.25) is 0 Å². The van der Waals surface area contributed by atoms with Crippen LogP contribution in [0.4, 0.5) is 0 Å². The average molecular weight is 860 g/mol. The lowest BCUT2D eigenvalue weighted by Gasteiger charge is -2.17. The first-order valence-electron chi connectivity index (χ1n) is 23.1. The van der Waals surface area contributed by atoms with Crippen LogP contribution in [0.5, 0.6) is 0 Å². The molecule has 4 heterocycles. The standard InChI is InChI=1S/C62H45N5/c1-38-21-25-42(26-22-38)53-37-54(64-62(63-53)43-27-23-39(2)24-28-43)44-33-40(3)61(41(4)34-44)67-59-31-29-45(65-55-17-9-5-13-47(55)48-14-6-10-18-56(48)65)35-51(59)52-36-46(30-32-60(52)67)66-57-19-11-7-15-49(57)50-16-8-12-20-58(50)66/h5-37H,1-4H3. The lowest BCUT2D eigenvalue weighted by molar-refractivity contribution is 1.11. The number of aromatic nitrogens is 5. The van der Waals surface area contributed by atoms with Gasteiger partial charge in [0.2, 0.25) is 0 Å². The van der Waals surface area contributed by atoms with Gasteiger partial charge in [-0.15, -0.1) is 0 Å². The number of benzene rings is 9. The van der Waals surface area contributed by atoms with Gasteiger partial charge in [-0.2, -0.15) is 0 Å². The zero-order valence-electron chi connectivity index (χ0n) is 37.8. The monoisotopic (exact) mass is 859 g/mol. The molecule has 318 valence electrons. The number of nitrogens with zero attached hydrogens (tertiary/aromatic N) is 5. The highest BCUT2D eigenvalue weighted by atomic mass is 15.0. The number of hydrogen-bond donors (Lipinski definition) is 0. The normalized spacial score (nSPS) is 11.9. The van der Waals surface area contributed by atoms with Crippen molar-refractivity contribution >= 4 is 65.4 Å². The largest absolute Gasteiger partial charge is 0.309 e. The molecule has 0 unspecified atom stereocenters. The molecule has 0 saturated carbocycles. The molecule has 0 saturated heterocycles. The summed E-state index contributed by atoms with van der Waals surface area (Å²) in [6.45, 7) is 8.71. The molecule has 0 aliphatic rings. The fraction of sp³-hybridized carbons (Fsp3) is 0.0645. The van der Waals surface area contributed by atoms with Gasteiger partial charge in [0.15, 0.2) is 5.82 Å². The van der Waals surface area contributed by atoms with Crippen LogP contribution in [0.3, 0.4) is 0 Å². The van der Waals surface area contributed by atoms with Crippen LogP contribution < -0.4 is 0 Å². The van der Waals surface area contributed by atoms with E-state index in [1.54, 1.807) is 0 Å². The molecular weight excluding hydrogens is 815 g/mol. The minimum absolute atomic E-state index is 0.716. The summed E-state index contributed by atoms with van der Waals surface area (Å²) < 4.78 is 7.33. The van der Waals surface area contributed by atoms with Crippen molar-refractivity contribution in [1.82, 2.24) is 23.7 Å². The molecule has 9 aromatic carbocycles. The van der Waals surface area contributed by atoms with E-state index in [1.807, 2.05) is 0 Å². The highest BCUT2D eigenvalue weighted by Crippen LogP contribution is 2.41. The molecule has 0 N–H and O–H groups in total. The Bertz CT molecular complexity index is 3760. The van der Waals surface area contributed by atoms with Crippen LogP contribution in [0.1, 0.15) is 22.3 Å². The molecule has 0 aliphatic carbocycles. The Labute approximate surface area is 388 Å². The van der Waals surface area contributed by atoms with Crippen molar-refractivity contribution < 1.29 is 0 Å². The predicted molar refractivity (Wildman–Crippen MR) is 280 cm³/mol. The highest BCUT2D eigenvalue weighted by molar-refractivity contribution is 6.14. The summed E-state index contributed by atoms with van der Waals surface area (Å²) >= 11 is 0. The molecule has 0 aliphatic heterocycles. The number of rotatable bonds is 6. The van der Waals surface area contributed by atoms with Crippen LogP contribution in [0.2, 0.25) is 0 Å². The Kier molecular flexibility index (Phi) is 8.71. The van der Waals surface area contributed by atoms with Gasteiger partial charge in [0.25, 0.3) is 0 Å². The lowest BCUT2D eigenvalue weighted by Crippen LogP contribution is -2.02. The Morgan fingerprint density at radius 1 is 0.299 bits per heavy atom. The minimum atomic E-state index is 0.716. The summed E-state index contributed by atoms with van der Waals surface area (Å²) in [5.41, 5.74) is 20.2. The van der Waals surface area contributed by atoms with E-state index < -0.39 is 0 Å². The quantitative estimate of drug-likeness (QED) is 0.167. The molecule has 5 heteroatoms. The second kappa shape index (κ2) is 15.0. The Morgan fingerprint density at radius 3 is 1.10 bits per heavy atom. The molecule has 0 atom stereocenters. The molecule has 4 aromatic heterocycles. The van der Waals surface area contributed by atoms with E-state index in [9.17, 15) is 0 Å². The topological polar surface area (TPSA) is 40.6 Å². The molecule has 13 rings (SSSR count). The summed E-state index contributed by atoms with van der Waals surface area (Å²) in [6, 6.07) is 72.9. The van der Waals surface area contributed by atoms with E-state index in [2.05, 4.69) is 242 Å². The molecule has 0 fully saturated rings. The van der Waals surface area contributed by atoms with E-state index >= 15 is 0 Å². The fourth-order valence-electron chi connectivity index (χ4n) is 10.7. The third kappa shape index (κ3) is 6.15. The van der Waals surface area contributed by atoms with Gasteiger partial charge in [0.05, 0.1) is 50.2 Å². The lowest BCUT2D eigenvalue weighted by atomic mass is 10.00. The number of fused-ring (bicyclic) bond motifs is 9. The highest BCUT2D eigenvalue weighted by Gasteiger charge is 2.22. The number of aryl methyl sites for hydroxylation is 4. The minimum Gasteiger partial charge on any atom is -0.309 e. The first-order chi connectivity index (χ1) is 32.9.